The maximum absolute atomic E-state index is 12.3. The van der Waals surface area contributed by atoms with Gasteiger partial charge in [0.15, 0.2) is 5.78 Å². The summed E-state index contributed by atoms with van der Waals surface area (Å²) in [5, 5.41) is 0. The largest absolute Gasteiger partial charge is 0.399 e. The Morgan fingerprint density at radius 3 is 2.29 bits per heavy atom. The number of benzene rings is 1. The number of rotatable bonds is 3. The number of nitrogen functional groups attached to an aromatic ring is 1. The van der Waals surface area contributed by atoms with Gasteiger partial charge in [-0.25, -0.2) is 0 Å². The van der Waals surface area contributed by atoms with Crippen molar-refractivity contribution in [3.63, 3.8) is 0 Å². The number of ketones is 1. The molecule has 0 aromatic heterocycles. The monoisotopic (exact) mass is 231 g/mol. The minimum atomic E-state index is 0.237. The van der Waals surface area contributed by atoms with E-state index in [1.54, 1.807) is 0 Å². The molecule has 2 N–H and O–H groups in total. The lowest BCUT2D eigenvalue weighted by Gasteiger charge is -2.26. The molecule has 0 saturated heterocycles. The molecule has 1 aromatic carbocycles. The number of hydrogen-bond donors (Lipinski definition) is 1. The lowest BCUT2D eigenvalue weighted by molar-refractivity contribution is 0.0871. The molecule has 92 valence electrons. The number of carbonyl (C=O) groups is 1. The zero-order chi connectivity index (χ0) is 12.3. The smallest absolute Gasteiger partial charge is 0.165 e. The van der Waals surface area contributed by atoms with Crippen LogP contribution in [0.1, 0.15) is 49.4 Å². The van der Waals surface area contributed by atoms with Crippen molar-refractivity contribution < 1.29 is 4.79 Å². The molecular weight excluding hydrogens is 210 g/mol. The second-order valence-corrected chi connectivity index (χ2v) is 5.11. The van der Waals surface area contributed by atoms with Gasteiger partial charge in [0.2, 0.25) is 0 Å². The first-order valence-corrected chi connectivity index (χ1v) is 6.60. The summed E-state index contributed by atoms with van der Waals surface area (Å²) in [7, 11) is 0. The van der Waals surface area contributed by atoms with Crippen LogP contribution in [0.25, 0.3) is 0 Å². The van der Waals surface area contributed by atoms with Crippen LogP contribution in [-0.4, -0.2) is 5.78 Å². The van der Waals surface area contributed by atoms with Crippen LogP contribution in [-0.2, 0) is 0 Å². The molecule has 2 heteroatoms. The van der Waals surface area contributed by atoms with Crippen molar-refractivity contribution >= 4 is 11.5 Å². The molecule has 0 bridgehead atoms. The van der Waals surface area contributed by atoms with Crippen LogP contribution in [0.4, 0.5) is 5.69 Å². The molecule has 0 aliphatic heterocycles. The molecule has 1 aliphatic rings. The summed E-state index contributed by atoms with van der Waals surface area (Å²) in [5.74, 6) is 1.38. The standard InChI is InChI=1S/C15H21NO/c1-2-11-3-5-12(6-4-11)15(17)13-7-9-14(16)10-8-13/h7-12H,2-6,16H2,1H3. The van der Waals surface area contributed by atoms with E-state index in [0.717, 1.165) is 30.0 Å². The van der Waals surface area contributed by atoms with E-state index in [1.165, 1.54) is 19.3 Å². The lowest BCUT2D eigenvalue weighted by atomic mass is 9.78. The minimum Gasteiger partial charge on any atom is -0.399 e. The van der Waals surface area contributed by atoms with Crippen molar-refractivity contribution in [3.05, 3.63) is 29.8 Å². The Balaban J connectivity index is 1.99. The SMILES string of the molecule is CCC1CCC(C(=O)c2ccc(N)cc2)CC1. The zero-order valence-electron chi connectivity index (χ0n) is 10.5. The van der Waals surface area contributed by atoms with Crippen molar-refractivity contribution in [2.75, 3.05) is 5.73 Å². The lowest BCUT2D eigenvalue weighted by Crippen LogP contribution is -2.21. The van der Waals surface area contributed by atoms with Crippen LogP contribution in [0.2, 0.25) is 0 Å². The summed E-state index contributed by atoms with van der Waals surface area (Å²) in [4.78, 5) is 12.3. The number of nitrogens with two attached hydrogens (primary N) is 1. The minimum absolute atomic E-state index is 0.237. The summed E-state index contributed by atoms with van der Waals surface area (Å²) < 4.78 is 0. The highest BCUT2D eigenvalue weighted by atomic mass is 16.1. The van der Waals surface area contributed by atoms with Crippen molar-refractivity contribution in [3.8, 4) is 0 Å². The molecule has 2 nitrogen and oxygen atoms in total. The van der Waals surface area contributed by atoms with Gasteiger partial charge in [0.25, 0.3) is 0 Å². The fourth-order valence-corrected chi connectivity index (χ4v) is 2.72. The van der Waals surface area contributed by atoms with E-state index in [-0.39, 0.29) is 5.92 Å². The molecule has 0 atom stereocenters. The molecule has 0 spiro atoms. The molecule has 1 saturated carbocycles. The molecule has 0 amide bonds. The molecule has 1 fully saturated rings. The quantitative estimate of drug-likeness (QED) is 0.637. The summed E-state index contributed by atoms with van der Waals surface area (Å²) in [6.45, 7) is 2.24. The highest BCUT2D eigenvalue weighted by Crippen LogP contribution is 2.32. The number of anilines is 1. The fourth-order valence-electron chi connectivity index (χ4n) is 2.72. The summed E-state index contributed by atoms with van der Waals surface area (Å²) in [5.41, 5.74) is 7.17. The van der Waals surface area contributed by atoms with E-state index in [0.29, 0.717) is 5.78 Å². The van der Waals surface area contributed by atoms with Gasteiger partial charge in [-0.1, -0.05) is 13.3 Å². The Labute approximate surface area is 103 Å². The van der Waals surface area contributed by atoms with Crippen LogP contribution in [0.15, 0.2) is 24.3 Å². The maximum atomic E-state index is 12.3. The number of Topliss-reactive ketones (excluding diaryl/α,β-unsaturated/α-hetero) is 1. The summed E-state index contributed by atoms with van der Waals surface area (Å²) in [6.07, 6.45) is 5.79. The van der Waals surface area contributed by atoms with E-state index in [9.17, 15) is 4.79 Å². The third-order valence-electron chi connectivity index (χ3n) is 3.99. The van der Waals surface area contributed by atoms with Crippen molar-refractivity contribution in [1.82, 2.24) is 0 Å². The third-order valence-corrected chi connectivity index (χ3v) is 3.99. The predicted octanol–water partition coefficient (Wildman–Crippen LogP) is 3.67. The van der Waals surface area contributed by atoms with E-state index in [2.05, 4.69) is 6.92 Å². The van der Waals surface area contributed by atoms with Crippen LogP contribution in [0.3, 0.4) is 0 Å². The Kier molecular flexibility index (Phi) is 3.82. The Morgan fingerprint density at radius 1 is 1.18 bits per heavy atom. The molecule has 1 aromatic rings. The highest BCUT2D eigenvalue weighted by molar-refractivity contribution is 5.98. The average molecular weight is 231 g/mol. The normalized spacial score (nSPS) is 24.5. The number of carbonyl (C=O) groups excluding carboxylic acids is 1. The molecule has 0 radical (unpaired) electrons. The van der Waals surface area contributed by atoms with Gasteiger partial charge in [-0.05, 0) is 55.9 Å². The van der Waals surface area contributed by atoms with E-state index < -0.39 is 0 Å². The van der Waals surface area contributed by atoms with Gasteiger partial charge in [0.1, 0.15) is 0 Å². The summed E-state index contributed by atoms with van der Waals surface area (Å²) >= 11 is 0. The maximum Gasteiger partial charge on any atom is 0.165 e. The van der Waals surface area contributed by atoms with Crippen LogP contribution in [0, 0.1) is 11.8 Å². The molecule has 1 aliphatic carbocycles. The summed E-state index contributed by atoms with van der Waals surface area (Å²) in [6, 6.07) is 7.32. The molecule has 0 unspecified atom stereocenters. The fraction of sp³-hybridized carbons (Fsp3) is 0.533. The highest BCUT2D eigenvalue weighted by Gasteiger charge is 2.25. The Morgan fingerprint density at radius 2 is 1.76 bits per heavy atom. The van der Waals surface area contributed by atoms with Crippen LogP contribution >= 0.6 is 0 Å². The van der Waals surface area contributed by atoms with Gasteiger partial charge in [-0.3, -0.25) is 4.79 Å². The van der Waals surface area contributed by atoms with Crippen molar-refractivity contribution in [2.45, 2.75) is 39.0 Å². The van der Waals surface area contributed by atoms with E-state index >= 15 is 0 Å². The third kappa shape index (κ3) is 2.87. The second-order valence-electron chi connectivity index (χ2n) is 5.11. The Bertz CT molecular complexity index is 374. The van der Waals surface area contributed by atoms with E-state index in [4.69, 9.17) is 5.73 Å². The van der Waals surface area contributed by atoms with Crippen LogP contribution < -0.4 is 5.73 Å². The van der Waals surface area contributed by atoms with E-state index in [1.807, 2.05) is 24.3 Å². The van der Waals surface area contributed by atoms with Gasteiger partial charge in [0.05, 0.1) is 0 Å². The molecule has 0 heterocycles. The first-order valence-electron chi connectivity index (χ1n) is 6.60. The van der Waals surface area contributed by atoms with Gasteiger partial charge in [0, 0.05) is 17.2 Å². The topological polar surface area (TPSA) is 43.1 Å². The van der Waals surface area contributed by atoms with Gasteiger partial charge < -0.3 is 5.73 Å². The van der Waals surface area contributed by atoms with Gasteiger partial charge >= 0.3 is 0 Å². The predicted molar refractivity (Wildman–Crippen MR) is 70.9 cm³/mol. The zero-order valence-corrected chi connectivity index (χ0v) is 10.5. The van der Waals surface area contributed by atoms with Gasteiger partial charge in [-0.15, -0.1) is 0 Å². The van der Waals surface area contributed by atoms with Crippen LogP contribution in [0.5, 0.6) is 0 Å². The average Bonchev–Trinajstić information content (AvgIpc) is 2.39. The van der Waals surface area contributed by atoms with Crippen molar-refractivity contribution in [1.29, 1.82) is 0 Å². The van der Waals surface area contributed by atoms with Crippen molar-refractivity contribution in [2.24, 2.45) is 11.8 Å². The first-order chi connectivity index (χ1) is 8.20. The first kappa shape index (κ1) is 12.2. The molecule has 2 rings (SSSR count). The second kappa shape index (κ2) is 5.35. The van der Waals surface area contributed by atoms with Gasteiger partial charge in [-0.2, -0.15) is 0 Å². The molecular formula is C15H21NO. The molecule has 17 heavy (non-hydrogen) atoms. The number of hydrogen-bond acceptors (Lipinski definition) is 2. The Hall–Kier alpha value is -1.31.